The van der Waals surface area contributed by atoms with Crippen molar-refractivity contribution >= 4 is 10.8 Å². The van der Waals surface area contributed by atoms with Gasteiger partial charge in [0.25, 0.3) is 0 Å². The maximum atomic E-state index is 2.54. The van der Waals surface area contributed by atoms with Gasteiger partial charge in [-0.3, -0.25) is 0 Å². The van der Waals surface area contributed by atoms with Gasteiger partial charge in [0.05, 0.1) is 0 Å². The molecule has 0 unspecified atom stereocenters. The summed E-state index contributed by atoms with van der Waals surface area (Å²) in [4.78, 5) is 0. The van der Waals surface area contributed by atoms with Crippen LogP contribution in [0.3, 0.4) is 0 Å². The highest BCUT2D eigenvalue weighted by Gasteiger charge is 2.42. The predicted molar refractivity (Wildman–Crippen MR) is 289 cm³/mol. The minimum absolute atomic E-state index is 0.0357. The number of fused-ring (bicyclic) bond motifs is 9. The van der Waals surface area contributed by atoms with E-state index in [0.29, 0.717) is 0 Å². The van der Waals surface area contributed by atoms with E-state index >= 15 is 0 Å². The molecule has 0 aromatic heterocycles. The molecule has 0 atom stereocenters. The summed E-state index contributed by atoms with van der Waals surface area (Å²) in [6, 6.07) is 78.5. The number of benzene rings is 10. The van der Waals surface area contributed by atoms with Gasteiger partial charge >= 0.3 is 0 Å². The van der Waals surface area contributed by atoms with Crippen molar-refractivity contribution in [1.82, 2.24) is 0 Å². The van der Waals surface area contributed by atoms with Crippen LogP contribution in [0.5, 0.6) is 0 Å². The Labute approximate surface area is 401 Å². The fourth-order valence-corrected chi connectivity index (χ4v) is 13.1. The van der Waals surface area contributed by atoms with Crippen LogP contribution in [-0.4, -0.2) is 0 Å². The Balaban J connectivity index is 0.754. The van der Waals surface area contributed by atoms with Crippen molar-refractivity contribution in [2.45, 2.75) is 64.2 Å². The van der Waals surface area contributed by atoms with Crippen molar-refractivity contribution < 1.29 is 0 Å². The Kier molecular flexibility index (Phi) is 9.29. The zero-order valence-corrected chi connectivity index (χ0v) is 39.5. The maximum absolute atomic E-state index is 2.54. The SMILES string of the molecule is CCC1(CC)c2ccccc2-c2ccc(-c3ccc4c(c3)C(CC)(CC)c3cc(-c5ccc(-c6ccc(-c7ccc(-c8ccc9c%10c(cccc8%10)-c8ccccc8-9)cc7)cc6)cc5)ccc3-4)cc21. The summed E-state index contributed by atoms with van der Waals surface area (Å²) in [5, 5.41) is 2.69. The van der Waals surface area contributed by atoms with Crippen LogP contribution in [0.4, 0.5) is 0 Å². The lowest BCUT2D eigenvalue weighted by molar-refractivity contribution is 0.490. The molecule has 0 aliphatic heterocycles. The molecule has 0 heterocycles. The zero-order valence-electron chi connectivity index (χ0n) is 39.5. The van der Waals surface area contributed by atoms with E-state index in [4.69, 9.17) is 0 Å². The second-order valence-electron chi connectivity index (χ2n) is 19.6. The Morgan fingerprint density at radius 3 is 1.01 bits per heavy atom. The molecule has 326 valence electrons. The highest BCUT2D eigenvalue weighted by Crippen LogP contribution is 2.56. The van der Waals surface area contributed by atoms with Crippen LogP contribution in [0.25, 0.3) is 111 Å². The normalized spacial score (nSPS) is 14.1. The Morgan fingerprint density at radius 1 is 0.235 bits per heavy atom. The summed E-state index contributed by atoms with van der Waals surface area (Å²) in [6.45, 7) is 9.50. The third-order valence-corrected chi connectivity index (χ3v) is 16.9. The summed E-state index contributed by atoms with van der Waals surface area (Å²) in [5.41, 5.74) is 29.5. The van der Waals surface area contributed by atoms with Crippen molar-refractivity contribution in [3.63, 3.8) is 0 Å². The molecule has 0 fully saturated rings. The summed E-state index contributed by atoms with van der Waals surface area (Å²) in [5.74, 6) is 0. The standard InChI is InChI=1S/C68H54/c1-5-67(6-2)62-19-12-11-16-55(62)56-36-33-50(41-63(56)67)51-34-37-58-57-35-32-49(40-64(57)68(7-3,8-4)65(58)42-51)47-26-24-45(25-27-47)43-20-22-44(23-21-43)46-28-30-48(31-29-46)52-38-39-61-54-15-10-9-14-53(54)60-18-13-17-59(52)66(60)61/h9-42H,5-8H2,1-4H3. The summed E-state index contributed by atoms with van der Waals surface area (Å²) < 4.78 is 0. The Bertz CT molecular complexity index is 3600. The van der Waals surface area contributed by atoms with Crippen molar-refractivity contribution in [3.05, 3.63) is 229 Å². The van der Waals surface area contributed by atoms with E-state index in [1.165, 1.54) is 133 Å². The van der Waals surface area contributed by atoms with Crippen molar-refractivity contribution in [3.8, 4) is 100 Å². The van der Waals surface area contributed by atoms with E-state index in [-0.39, 0.29) is 10.8 Å². The molecule has 68 heavy (non-hydrogen) atoms. The minimum Gasteiger partial charge on any atom is -0.0642 e. The van der Waals surface area contributed by atoms with Crippen molar-refractivity contribution in [1.29, 1.82) is 0 Å². The van der Waals surface area contributed by atoms with Crippen molar-refractivity contribution in [2.24, 2.45) is 0 Å². The lowest BCUT2D eigenvalue weighted by atomic mass is 9.72. The average molecular weight is 871 g/mol. The molecule has 13 rings (SSSR count). The summed E-state index contributed by atoms with van der Waals surface area (Å²) in [7, 11) is 0. The predicted octanol–water partition coefficient (Wildman–Crippen LogP) is 19.0. The van der Waals surface area contributed by atoms with E-state index in [9.17, 15) is 0 Å². The first-order valence-corrected chi connectivity index (χ1v) is 25.0. The van der Waals surface area contributed by atoms with Gasteiger partial charge in [-0.25, -0.2) is 0 Å². The molecule has 0 amide bonds. The second-order valence-corrected chi connectivity index (χ2v) is 19.6. The molecule has 0 radical (unpaired) electrons. The van der Waals surface area contributed by atoms with Crippen LogP contribution in [0.15, 0.2) is 206 Å². The monoisotopic (exact) mass is 870 g/mol. The minimum atomic E-state index is -0.0357. The molecule has 10 aromatic carbocycles. The maximum Gasteiger partial charge on any atom is 0.0210 e. The smallest absolute Gasteiger partial charge is 0.0210 e. The van der Waals surface area contributed by atoms with Gasteiger partial charge in [0.1, 0.15) is 0 Å². The number of hydrogen-bond acceptors (Lipinski definition) is 0. The van der Waals surface area contributed by atoms with Gasteiger partial charge in [0.2, 0.25) is 0 Å². The van der Waals surface area contributed by atoms with Gasteiger partial charge in [-0.1, -0.05) is 216 Å². The molecular weight excluding hydrogens is 817 g/mol. The molecule has 0 heteroatoms. The zero-order chi connectivity index (χ0) is 45.7. The lowest BCUT2D eigenvalue weighted by Crippen LogP contribution is -2.23. The first-order chi connectivity index (χ1) is 33.5. The Morgan fingerprint density at radius 2 is 0.544 bits per heavy atom. The average Bonchev–Trinajstić information content (AvgIpc) is 4.00. The van der Waals surface area contributed by atoms with E-state index in [1.807, 2.05) is 0 Å². The number of hydrogen-bond donors (Lipinski definition) is 0. The lowest BCUT2D eigenvalue weighted by Gasteiger charge is -2.31. The fraction of sp³-hybridized carbons (Fsp3) is 0.147. The van der Waals surface area contributed by atoms with Gasteiger partial charge in [0.15, 0.2) is 0 Å². The van der Waals surface area contributed by atoms with E-state index in [1.54, 1.807) is 0 Å². The van der Waals surface area contributed by atoms with Crippen LogP contribution in [0.2, 0.25) is 0 Å². The van der Waals surface area contributed by atoms with Gasteiger partial charge in [-0.2, -0.15) is 0 Å². The van der Waals surface area contributed by atoms with Gasteiger partial charge in [0, 0.05) is 10.8 Å². The molecule has 0 saturated carbocycles. The van der Waals surface area contributed by atoms with Crippen LogP contribution >= 0.6 is 0 Å². The van der Waals surface area contributed by atoms with Gasteiger partial charge in [-0.05, 0) is 177 Å². The third-order valence-electron chi connectivity index (χ3n) is 16.9. The number of rotatable bonds is 9. The van der Waals surface area contributed by atoms with Crippen LogP contribution in [0.1, 0.15) is 75.6 Å². The highest BCUT2D eigenvalue weighted by atomic mass is 14.5. The molecule has 10 aromatic rings. The fourth-order valence-electron chi connectivity index (χ4n) is 13.1. The first kappa shape index (κ1) is 40.7. The highest BCUT2D eigenvalue weighted by molar-refractivity contribution is 6.18. The van der Waals surface area contributed by atoms with Crippen LogP contribution < -0.4 is 0 Å². The van der Waals surface area contributed by atoms with Crippen LogP contribution in [-0.2, 0) is 10.8 Å². The van der Waals surface area contributed by atoms with Crippen LogP contribution in [0, 0.1) is 0 Å². The topological polar surface area (TPSA) is 0 Å². The quantitative estimate of drug-likeness (QED) is 0.136. The van der Waals surface area contributed by atoms with E-state index < -0.39 is 0 Å². The molecule has 0 N–H and O–H groups in total. The van der Waals surface area contributed by atoms with Crippen molar-refractivity contribution in [2.75, 3.05) is 0 Å². The van der Waals surface area contributed by atoms with E-state index in [0.717, 1.165) is 25.7 Å². The molecular formula is C68H54. The largest absolute Gasteiger partial charge is 0.0642 e. The van der Waals surface area contributed by atoms with E-state index in [2.05, 4.69) is 234 Å². The molecule has 0 bridgehead atoms. The molecule has 3 aliphatic carbocycles. The molecule has 0 nitrogen and oxygen atoms in total. The Hall–Kier alpha value is -7.54. The molecule has 3 aliphatic rings. The van der Waals surface area contributed by atoms with Gasteiger partial charge < -0.3 is 0 Å². The second kappa shape index (κ2) is 15.5. The first-order valence-electron chi connectivity index (χ1n) is 25.0. The summed E-state index contributed by atoms with van der Waals surface area (Å²) in [6.07, 6.45) is 4.33. The molecule has 0 saturated heterocycles. The summed E-state index contributed by atoms with van der Waals surface area (Å²) >= 11 is 0. The molecule has 0 spiro atoms. The third kappa shape index (κ3) is 5.80. The van der Waals surface area contributed by atoms with Gasteiger partial charge in [-0.15, -0.1) is 0 Å².